The van der Waals surface area contributed by atoms with Crippen molar-refractivity contribution in [2.45, 2.75) is 0 Å². The molecular formula is C86H54N2O3. The van der Waals surface area contributed by atoms with Gasteiger partial charge in [0.05, 0.1) is 0 Å². The molecule has 0 atom stereocenters. The van der Waals surface area contributed by atoms with Gasteiger partial charge in [0.1, 0.15) is 22.3 Å². The zero-order valence-corrected chi connectivity index (χ0v) is 49.3. The molecule has 5 nitrogen and oxygen atoms in total. The summed E-state index contributed by atoms with van der Waals surface area (Å²) in [6.07, 6.45) is 0. The minimum Gasteiger partial charge on any atom is -0.455 e. The van der Waals surface area contributed by atoms with Gasteiger partial charge in [0.25, 0.3) is 0 Å². The number of rotatable bonds is 12. The quantitative estimate of drug-likeness (QED) is 0.122. The maximum atomic E-state index is 6.88. The minimum absolute atomic E-state index is 0.426. The van der Waals surface area contributed by atoms with Crippen LogP contribution >= 0.6 is 0 Å². The van der Waals surface area contributed by atoms with Gasteiger partial charge in [-0.3, -0.25) is 0 Å². The van der Waals surface area contributed by atoms with E-state index in [1.165, 1.54) is 33.4 Å². The third kappa shape index (κ3) is 10.1. The second kappa shape index (κ2) is 22.5. The van der Waals surface area contributed by atoms with Crippen LogP contribution in [0.5, 0.6) is 0 Å². The van der Waals surface area contributed by atoms with Gasteiger partial charge in [-0.2, -0.15) is 0 Å². The molecule has 0 saturated carbocycles. The lowest BCUT2D eigenvalue weighted by Crippen LogP contribution is -1.86. The molecule has 0 amide bonds. The summed E-state index contributed by atoms with van der Waals surface area (Å²) < 4.78 is 20.3. The van der Waals surface area contributed by atoms with E-state index in [-0.39, 0.29) is 0 Å². The van der Waals surface area contributed by atoms with Crippen LogP contribution in [0.4, 0.5) is 0 Å². The van der Waals surface area contributed by atoms with Crippen LogP contribution < -0.4 is 0 Å². The van der Waals surface area contributed by atoms with Crippen molar-refractivity contribution in [1.82, 2.24) is 10.2 Å². The average molecular weight is 1160 g/mol. The third-order valence-electron chi connectivity index (χ3n) is 17.7. The number of hydrogen-bond acceptors (Lipinski definition) is 5. The first kappa shape index (κ1) is 53.1. The molecular weight excluding hydrogens is 1110 g/mol. The topological polar surface area (TPSA) is 65.2 Å². The summed E-state index contributed by atoms with van der Waals surface area (Å²) in [6, 6.07) is 116. The van der Waals surface area contributed by atoms with Crippen molar-refractivity contribution < 1.29 is 13.3 Å². The van der Waals surface area contributed by atoms with E-state index >= 15 is 0 Å². The van der Waals surface area contributed by atoms with E-state index in [1.807, 2.05) is 0 Å². The average Bonchev–Trinajstić information content (AvgIpc) is 1.69. The molecule has 0 unspecified atom stereocenters. The van der Waals surface area contributed by atoms with Gasteiger partial charge in [-0.05, 0) is 197 Å². The molecule has 3 aromatic heterocycles. The summed E-state index contributed by atoms with van der Waals surface area (Å²) >= 11 is 0. The summed E-state index contributed by atoms with van der Waals surface area (Å²) in [5, 5.41) is 13.4. The fraction of sp³-hybridized carbons (Fsp3) is 0. The Bertz CT molecular complexity index is 5210. The van der Waals surface area contributed by atoms with E-state index in [0.29, 0.717) is 11.8 Å². The van der Waals surface area contributed by atoms with Crippen LogP contribution in [0.3, 0.4) is 0 Å². The molecule has 14 aromatic carbocycles. The molecule has 0 spiro atoms. The molecule has 0 radical (unpaired) electrons. The molecule has 0 aliphatic heterocycles. The van der Waals surface area contributed by atoms with Gasteiger partial charge in [-0.25, -0.2) is 0 Å². The van der Waals surface area contributed by atoms with Crippen LogP contribution in [0, 0.1) is 0 Å². The molecule has 17 aromatic rings. The Morgan fingerprint density at radius 2 is 0.418 bits per heavy atom. The summed E-state index contributed by atoms with van der Waals surface area (Å²) in [5.41, 5.74) is 27.2. The van der Waals surface area contributed by atoms with E-state index in [4.69, 9.17) is 13.3 Å². The van der Waals surface area contributed by atoms with Crippen molar-refractivity contribution in [2.24, 2.45) is 0 Å². The molecule has 91 heavy (non-hydrogen) atoms. The highest BCUT2D eigenvalue weighted by molar-refractivity contribution is 6.14. The molecule has 426 valence electrons. The molecule has 3 heterocycles. The number of benzene rings is 14. The predicted octanol–water partition coefficient (Wildman–Crippen LogP) is 23.9. The van der Waals surface area contributed by atoms with Crippen molar-refractivity contribution in [3.05, 3.63) is 328 Å². The number of fused-ring (bicyclic) bond motifs is 6. The van der Waals surface area contributed by atoms with Crippen LogP contribution in [-0.2, 0) is 0 Å². The van der Waals surface area contributed by atoms with Crippen LogP contribution in [0.15, 0.2) is 341 Å². The lowest BCUT2D eigenvalue weighted by Gasteiger charge is -2.10. The standard InChI is InChI=1S/C86H54N2O3/c1-5-17-55(18-6-1)63-25-13-29-67(45-63)71-41-43-81-77(49-71)79-53-73(69-31-15-27-65(47-69)57-21-9-3-10-22-57)51-75(83(79)89-81)59-33-37-61(38-34-59)85-87-88-86(91-85)62-39-35-60(36-40-62)76-52-74(70-32-16-28-66(48-70)58-23-11-4-12-24-58)54-80-78-50-72(42-44-82(78)90-84(76)80)68-30-14-26-64(46-68)56-19-7-2-8-20-56/h1-54H. The molecule has 17 rings (SSSR count). The lowest BCUT2D eigenvalue weighted by atomic mass is 9.93. The molecule has 0 saturated heterocycles. The fourth-order valence-electron chi connectivity index (χ4n) is 13.0. The predicted molar refractivity (Wildman–Crippen MR) is 374 cm³/mol. The van der Waals surface area contributed by atoms with Gasteiger partial charge in [0.15, 0.2) is 0 Å². The lowest BCUT2D eigenvalue weighted by molar-refractivity contribution is 0.584. The second-order valence-electron chi connectivity index (χ2n) is 23.3. The molecule has 0 fully saturated rings. The van der Waals surface area contributed by atoms with Crippen molar-refractivity contribution in [3.8, 4) is 134 Å². The molecule has 0 aliphatic carbocycles. The summed E-state index contributed by atoms with van der Waals surface area (Å²) in [7, 11) is 0. The first-order chi connectivity index (χ1) is 45.0. The highest BCUT2D eigenvalue weighted by Crippen LogP contribution is 2.45. The first-order valence-corrected chi connectivity index (χ1v) is 30.7. The summed E-state index contributed by atoms with van der Waals surface area (Å²) in [5.74, 6) is 0.853. The molecule has 0 bridgehead atoms. The fourth-order valence-corrected chi connectivity index (χ4v) is 13.0. The Labute approximate surface area is 526 Å². The van der Waals surface area contributed by atoms with Crippen LogP contribution in [0.2, 0.25) is 0 Å². The minimum atomic E-state index is 0.426. The van der Waals surface area contributed by atoms with Gasteiger partial charge in [-0.15, -0.1) is 10.2 Å². The van der Waals surface area contributed by atoms with Crippen LogP contribution in [0.1, 0.15) is 0 Å². The first-order valence-electron chi connectivity index (χ1n) is 30.7. The maximum absolute atomic E-state index is 6.88. The molecule has 0 aliphatic rings. The Morgan fingerprint density at radius 3 is 0.747 bits per heavy atom. The van der Waals surface area contributed by atoms with Gasteiger partial charge in [0.2, 0.25) is 11.8 Å². The van der Waals surface area contributed by atoms with Crippen molar-refractivity contribution in [1.29, 1.82) is 0 Å². The molecule has 0 N–H and O–H groups in total. The third-order valence-corrected chi connectivity index (χ3v) is 17.7. The Kier molecular flexibility index (Phi) is 13.1. The Morgan fingerprint density at radius 1 is 0.165 bits per heavy atom. The largest absolute Gasteiger partial charge is 0.455 e. The zero-order chi connectivity index (χ0) is 60.2. The Balaban J connectivity index is 0.710. The maximum Gasteiger partial charge on any atom is 0.248 e. The SMILES string of the molecule is c1ccc(-c2cccc(-c3ccc4oc5c(-c6ccc(-c7nnc(-c8ccc(-c9cc(-c%10cccc(-c%11ccccc%11)c%10)cc%10c9oc9ccc(-c%11cccc(-c%12ccccc%12)c%11)cc9%10)cc8)o7)cc6)cc(-c6cccc(-c7ccccc7)c6)cc5c4c3)c2)cc1. The van der Waals surface area contributed by atoms with Gasteiger partial charge in [0, 0.05) is 43.8 Å². The van der Waals surface area contributed by atoms with Gasteiger partial charge < -0.3 is 13.3 Å². The van der Waals surface area contributed by atoms with E-state index < -0.39 is 0 Å². The second-order valence-corrected chi connectivity index (χ2v) is 23.3. The highest BCUT2D eigenvalue weighted by atomic mass is 16.4. The van der Waals surface area contributed by atoms with Crippen molar-refractivity contribution in [2.75, 3.05) is 0 Å². The zero-order valence-electron chi connectivity index (χ0n) is 49.3. The highest BCUT2D eigenvalue weighted by Gasteiger charge is 2.21. The summed E-state index contributed by atoms with van der Waals surface area (Å²) in [6.45, 7) is 0. The Hall–Kier alpha value is -12.2. The van der Waals surface area contributed by atoms with E-state index in [0.717, 1.165) is 133 Å². The number of hydrogen-bond donors (Lipinski definition) is 0. The monoisotopic (exact) mass is 1160 g/mol. The van der Waals surface area contributed by atoms with Crippen LogP contribution in [0.25, 0.3) is 178 Å². The molecule has 5 heteroatoms. The number of nitrogens with zero attached hydrogens (tertiary/aromatic N) is 2. The van der Waals surface area contributed by atoms with E-state index in [2.05, 4.69) is 338 Å². The normalized spacial score (nSPS) is 11.5. The number of furan rings is 2. The van der Waals surface area contributed by atoms with Crippen molar-refractivity contribution in [3.63, 3.8) is 0 Å². The van der Waals surface area contributed by atoms with Gasteiger partial charge in [-0.1, -0.05) is 231 Å². The van der Waals surface area contributed by atoms with Crippen LogP contribution in [-0.4, -0.2) is 10.2 Å². The van der Waals surface area contributed by atoms with Crippen molar-refractivity contribution >= 4 is 43.9 Å². The summed E-state index contributed by atoms with van der Waals surface area (Å²) in [4.78, 5) is 0. The smallest absolute Gasteiger partial charge is 0.248 e. The van der Waals surface area contributed by atoms with E-state index in [1.54, 1.807) is 0 Å². The number of aromatic nitrogens is 2. The van der Waals surface area contributed by atoms with E-state index in [9.17, 15) is 0 Å². The van der Waals surface area contributed by atoms with Gasteiger partial charge >= 0.3 is 0 Å².